The zero-order valence-corrected chi connectivity index (χ0v) is 18.6. The first-order valence-electron chi connectivity index (χ1n) is 11.4. The van der Waals surface area contributed by atoms with Crippen molar-refractivity contribution >= 4 is 16.8 Å². The van der Waals surface area contributed by atoms with Gasteiger partial charge in [-0.15, -0.1) is 0 Å². The van der Waals surface area contributed by atoms with E-state index in [1.807, 2.05) is 24.3 Å². The standard InChI is InChI=1S/C28H26F2N2O/c1-18-21(7-5-10-25(18)30)16-31-28(33)20-12-13-27-24(15-20)23-9-2-3-11-26(23)32(27)17-19-6-4-8-22(29)14-19/h2-11,14,20H,12-13,15-17H2,1H3,(H,31,33). The lowest BCUT2D eigenvalue weighted by molar-refractivity contribution is -0.125. The SMILES string of the molecule is Cc1c(F)cccc1CNC(=O)C1CCc2c(c3ccccc3n2Cc2cccc(F)c2)C1. The first kappa shape index (κ1) is 21.4. The predicted molar refractivity (Wildman–Crippen MR) is 126 cm³/mol. The lowest BCUT2D eigenvalue weighted by atomic mass is 9.85. The Hall–Kier alpha value is -3.47. The number of halogens is 2. The van der Waals surface area contributed by atoms with E-state index in [9.17, 15) is 13.6 Å². The van der Waals surface area contributed by atoms with Crippen molar-refractivity contribution in [2.45, 2.75) is 39.3 Å². The number of nitrogens with one attached hydrogen (secondary N) is 1. The number of nitrogens with zero attached hydrogens (tertiary/aromatic N) is 1. The molecule has 0 bridgehead atoms. The third-order valence-electron chi connectivity index (χ3n) is 6.81. The second-order valence-electron chi connectivity index (χ2n) is 8.84. The van der Waals surface area contributed by atoms with Crippen molar-refractivity contribution in [1.29, 1.82) is 0 Å². The van der Waals surface area contributed by atoms with Gasteiger partial charge in [0.25, 0.3) is 0 Å². The van der Waals surface area contributed by atoms with Crippen LogP contribution in [-0.2, 0) is 30.7 Å². The maximum atomic E-state index is 13.8. The number of amides is 1. The first-order valence-corrected chi connectivity index (χ1v) is 11.4. The molecule has 5 heteroatoms. The Bertz CT molecular complexity index is 1340. The molecule has 1 N–H and O–H groups in total. The van der Waals surface area contributed by atoms with Crippen LogP contribution in [0.25, 0.3) is 10.9 Å². The average molecular weight is 445 g/mol. The second kappa shape index (κ2) is 8.81. The summed E-state index contributed by atoms with van der Waals surface area (Å²) in [4.78, 5) is 13.0. The Morgan fingerprint density at radius 1 is 1.06 bits per heavy atom. The minimum Gasteiger partial charge on any atom is -0.352 e. The molecule has 1 atom stereocenters. The molecule has 0 spiro atoms. The van der Waals surface area contributed by atoms with Crippen LogP contribution in [0.4, 0.5) is 8.78 Å². The summed E-state index contributed by atoms with van der Waals surface area (Å²) in [7, 11) is 0. The summed E-state index contributed by atoms with van der Waals surface area (Å²) < 4.78 is 29.8. The van der Waals surface area contributed by atoms with Gasteiger partial charge in [-0.2, -0.15) is 0 Å². The Balaban J connectivity index is 1.39. The van der Waals surface area contributed by atoms with Crippen molar-refractivity contribution in [2.24, 2.45) is 5.92 Å². The number of fused-ring (bicyclic) bond motifs is 3. The van der Waals surface area contributed by atoms with E-state index in [1.165, 1.54) is 23.4 Å². The molecule has 0 saturated heterocycles. The van der Waals surface area contributed by atoms with Crippen molar-refractivity contribution in [3.05, 3.63) is 106 Å². The number of hydrogen-bond acceptors (Lipinski definition) is 1. The van der Waals surface area contributed by atoms with Crippen LogP contribution in [0.1, 0.15) is 34.4 Å². The second-order valence-corrected chi connectivity index (χ2v) is 8.84. The van der Waals surface area contributed by atoms with Gasteiger partial charge in [0, 0.05) is 35.6 Å². The molecule has 1 amide bonds. The summed E-state index contributed by atoms with van der Waals surface area (Å²) in [6.07, 6.45) is 2.21. The lowest BCUT2D eigenvalue weighted by Gasteiger charge is -2.24. The van der Waals surface area contributed by atoms with Gasteiger partial charge in [0.15, 0.2) is 0 Å². The highest BCUT2D eigenvalue weighted by Gasteiger charge is 2.29. The molecule has 1 aromatic heterocycles. The number of para-hydroxylation sites is 1. The zero-order chi connectivity index (χ0) is 22.9. The molecule has 1 aliphatic rings. The van der Waals surface area contributed by atoms with E-state index in [2.05, 4.69) is 22.0 Å². The quantitative estimate of drug-likeness (QED) is 0.421. The van der Waals surface area contributed by atoms with Gasteiger partial charge in [0.05, 0.1) is 0 Å². The average Bonchev–Trinajstić information content (AvgIpc) is 3.13. The third kappa shape index (κ3) is 4.15. The van der Waals surface area contributed by atoms with Gasteiger partial charge in [-0.1, -0.05) is 42.5 Å². The summed E-state index contributed by atoms with van der Waals surface area (Å²) in [6.45, 7) is 2.66. The van der Waals surface area contributed by atoms with Gasteiger partial charge in [-0.05, 0) is 72.7 Å². The molecule has 1 unspecified atom stereocenters. The van der Waals surface area contributed by atoms with Crippen LogP contribution in [0.3, 0.4) is 0 Å². The maximum absolute atomic E-state index is 13.8. The normalized spacial score (nSPS) is 15.4. The van der Waals surface area contributed by atoms with E-state index in [0.717, 1.165) is 34.9 Å². The molecule has 0 aliphatic heterocycles. The van der Waals surface area contributed by atoms with Crippen LogP contribution in [0, 0.1) is 24.5 Å². The van der Waals surface area contributed by atoms with Crippen molar-refractivity contribution < 1.29 is 13.6 Å². The fourth-order valence-corrected chi connectivity index (χ4v) is 4.99. The first-order chi connectivity index (χ1) is 16.0. The monoisotopic (exact) mass is 444 g/mol. The number of rotatable bonds is 5. The fraction of sp³-hybridized carbons (Fsp3) is 0.250. The summed E-state index contributed by atoms with van der Waals surface area (Å²) in [5.41, 5.74) is 5.84. The largest absolute Gasteiger partial charge is 0.352 e. The van der Waals surface area contributed by atoms with Crippen molar-refractivity contribution in [3.63, 3.8) is 0 Å². The number of hydrogen-bond donors (Lipinski definition) is 1. The van der Waals surface area contributed by atoms with Gasteiger partial charge >= 0.3 is 0 Å². The highest BCUT2D eigenvalue weighted by atomic mass is 19.1. The maximum Gasteiger partial charge on any atom is 0.223 e. The van der Waals surface area contributed by atoms with E-state index in [-0.39, 0.29) is 23.5 Å². The molecule has 0 radical (unpaired) electrons. The zero-order valence-electron chi connectivity index (χ0n) is 18.6. The Labute approximate surface area is 192 Å². The fourth-order valence-electron chi connectivity index (χ4n) is 4.99. The van der Waals surface area contributed by atoms with Gasteiger partial charge in [-0.25, -0.2) is 8.78 Å². The van der Waals surface area contributed by atoms with Crippen molar-refractivity contribution in [1.82, 2.24) is 9.88 Å². The van der Waals surface area contributed by atoms with Crippen molar-refractivity contribution in [2.75, 3.05) is 0 Å². The molecule has 0 saturated carbocycles. The summed E-state index contributed by atoms with van der Waals surface area (Å²) in [5.74, 6) is -0.607. The summed E-state index contributed by atoms with van der Waals surface area (Å²) in [6, 6.07) is 19.9. The molecule has 3 aromatic carbocycles. The van der Waals surface area contributed by atoms with Crippen LogP contribution >= 0.6 is 0 Å². The van der Waals surface area contributed by atoms with Crippen LogP contribution in [0.2, 0.25) is 0 Å². The van der Waals surface area contributed by atoms with Gasteiger partial charge in [0.2, 0.25) is 5.91 Å². The Morgan fingerprint density at radius 2 is 1.88 bits per heavy atom. The smallest absolute Gasteiger partial charge is 0.223 e. The molecule has 33 heavy (non-hydrogen) atoms. The predicted octanol–water partition coefficient (Wildman–Crippen LogP) is 5.70. The molecule has 5 rings (SSSR count). The minimum absolute atomic E-state index is 0.00581. The number of benzene rings is 3. The number of carbonyl (C=O) groups excluding carboxylic acids is 1. The summed E-state index contributed by atoms with van der Waals surface area (Å²) in [5, 5.41) is 4.17. The third-order valence-corrected chi connectivity index (χ3v) is 6.81. The van der Waals surface area contributed by atoms with E-state index in [0.29, 0.717) is 25.1 Å². The molecule has 168 valence electrons. The topological polar surface area (TPSA) is 34.0 Å². The Morgan fingerprint density at radius 3 is 2.73 bits per heavy atom. The summed E-state index contributed by atoms with van der Waals surface area (Å²) >= 11 is 0. The molecular weight excluding hydrogens is 418 g/mol. The van der Waals surface area contributed by atoms with Crippen LogP contribution in [0.15, 0.2) is 66.7 Å². The molecule has 4 aromatic rings. The minimum atomic E-state index is -0.254. The van der Waals surface area contributed by atoms with E-state index in [1.54, 1.807) is 25.1 Å². The van der Waals surface area contributed by atoms with E-state index in [4.69, 9.17) is 0 Å². The van der Waals surface area contributed by atoms with Gasteiger partial charge in [0.1, 0.15) is 11.6 Å². The highest BCUT2D eigenvalue weighted by molar-refractivity contribution is 5.88. The Kier molecular flexibility index (Phi) is 5.71. The number of aromatic nitrogens is 1. The van der Waals surface area contributed by atoms with Crippen LogP contribution < -0.4 is 5.32 Å². The van der Waals surface area contributed by atoms with E-state index < -0.39 is 0 Å². The number of carbonyl (C=O) groups is 1. The molecule has 3 nitrogen and oxygen atoms in total. The van der Waals surface area contributed by atoms with E-state index >= 15 is 0 Å². The molecule has 1 aliphatic carbocycles. The highest BCUT2D eigenvalue weighted by Crippen LogP contribution is 2.35. The molecular formula is C28H26F2N2O. The lowest BCUT2D eigenvalue weighted by Crippen LogP contribution is -2.34. The van der Waals surface area contributed by atoms with Crippen molar-refractivity contribution in [3.8, 4) is 0 Å². The molecule has 1 heterocycles. The van der Waals surface area contributed by atoms with Gasteiger partial charge < -0.3 is 9.88 Å². The van der Waals surface area contributed by atoms with Gasteiger partial charge in [-0.3, -0.25) is 4.79 Å². The molecule has 0 fully saturated rings. The van der Waals surface area contributed by atoms with Crippen LogP contribution in [-0.4, -0.2) is 10.5 Å². The van der Waals surface area contributed by atoms with Crippen LogP contribution in [0.5, 0.6) is 0 Å².